The first kappa shape index (κ1) is 11.0. The summed E-state index contributed by atoms with van der Waals surface area (Å²) in [4.78, 5) is 2.13. The Kier molecular flexibility index (Phi) is 3.07. The molecule has 1 heterocycles. The molecule has 1 aliphatic rings. The number of likely N-dealkylation sites (tertiary alicyclic amines) is 1. The van der Waals surface area contributed by atoms with Gasteiger partial charge in [0.05, 0.1) is 5.02 Å². The van der Waals surface area contributed by atoms with Crippen LogP contribution in [0.25, 0.3) is 0 Å². The molecular formula is C10H12Cl2N2O. The maximum Gasteiger partial charge on any atom is 0.138 e. The number of nitrogens with zero attached hydrogens (tertiary/aromatic N) is 1. The highest BCUT2D eigenvalue weighted by Crippen LogP contribution is 2.32. The molecule has 0 unspecified atom stereocenters. The topological polar surface area (TPSA) is 49.5 Å². The van der Waals surface area contributed by atoms with Crippen molar-refractivity contribution in [3.05, 3.63) is 27.7 Å². The van der Waals surface area contributed by atoms with Crippen molar-refractivity contribution in [2.45, 2.75) is 12.6 Å². The first-order valence-corrected chi connectivity index (χ1v) is 5.46. The van der Waals surface area contributed by atoms with Crippen LogP contribution in [0.2, 0.25) is 10.0 Å². The lowest BCUT2D eigenvalue weighted by atomic mass is 10.1. The Bertz CT molecular complexity index is 378. The summed E-state index contributed by atoms with van der Waals surface area (Å²) >= 11 is 11.7. The number of aromatic hydroxyl groups is 1. The number of hydrogen-bond donors (Lipinski definition) is 2. The van der Waals surface area contributed by atoms with Crippen LogP contribution in [-0.2, 0) is 6.54 Å². The average Bonchev–Trinajstić information content (AvgIpc) is 2.10. The molecule has 0 aromatic heterocycles. The van der Waals surface area contributed by atoms with E-state index in [1.807, 2.05) is 0 Å². The second-order valence-corrected chi connectivity index (χ2v) is 4.69. The summed E-state index contributed by atoms with van der Waals surface area (Å²) in [7, 11) is 0. The van der Waals surface area contributed by atoms with Crippen molar-refractivity contribution in [1.82, 2.24) is 4.90 Å². The van der Waals surface area contributed by atoms with Crippen LogP contribution < -0.4 is 5.73 Å². The third-order valence-electron chi connectivity index (χ3n) is 2.49. The second kappa shape index (κ2) is 4.18. The van der Waals surface area contributed by atoms with Crippen LogP contribution in [0.5, 0.6) is 5.75 Å². The smallest absolute Gasteiger partial charge is 0.138 e. The van der Waals surface area contributed by atoms with Gasteiger partial charge in [-0.15, -0.1) is 0 Å². The second-order valence-electron chi connectivity index (χ2n) is 3.85. The molecule has 1 aromatic carbocycles. The number of phenolic OH excluding ortho intramolecular Hbond substituents is 1. The van der Waals surface area contributed by atoms with Crippen molar-refractivity contribution in [3.63, 3.8) is 0 Å². The molecule has 1 aromatic rings. The summed E-state index contributed by atoms with van der Waals surface area (Å²) in [5.41, 5.74) is 6.41. The lowest BCUT2D eigenvalue weighted by Gasteiger charge is -2.36. The average molecular weight is 247 g/mol. The summed E-state index contributed by atoms with van der Waals surface area (Å²) in [6.07, 6.45) is 0. The van der Waals surface area contributed by atoms with Crippen LogP contribution in [0, 0.1) is 0 Å². The van der Waals surface area contributed by atoms with Crippen molar-refractivity contribution < 1.29 is 5.11 Å². The highest BCUT2D eigenvalue weighted by molar-refractivity contribution is 6.35. The predicted octanol–water partition coefficient (Wildman–Crippen LogP) is 1.84. The molecule has 0 aliphatic carbocycles. The molecule has 1 aliphatic heterocycles. The van der Waals surface area contributed by atoms with Crippen LogP contribution in [0.3, 0.4) is 0 Å². The molecule has 0 bridgehead atoms. The molecule has 2 rings (SSSR count). The van der Waals surface area contributed by atoms with Crippen LogP contribution in [-0.4, -0.2) is 29.1 Å². The summed E-state index contributed by atoms with van der Waals surface area (Å²) < 4.78 is 0. The van der Waals surface area contributed by atoms with E-state index in [0.717, 1.165) is 18.7 Å². The number of rotatable bonds is 2. The van der Waals surface area contributed by atoms with Crippen LogP contribution in [0.15, 0.2) is 12.1 Å². The van der Waals surface area contributed by atoms with E-state index in [-0.39, 0.29) is 11.8 Å². The monoisotopic (exact) mass is 246 g/mol. The van der Waals surface area contributed by atoms with Gasteiger partial charge < -0.3 is 10.8 Å². The summed E-state index contributed by atoms with van der Waals surface area (Å²) in [6.45, 7) is 2.34. The van der Waals surface area contributed by atoms with Gasteiger partial charge in [0.15, 0.2) is 0 Å². The Hall–Kier alpha value is -0.480. The molecule has 0 atom stereocenters. The Morgan fingerprint density at radius 3 is 2.67 bits per heavy atom. The van der Waals surface area contributed by atoms with Crippen molar-refractivity contribution in [3.8, 4) is 5.75 Å². The van der Waals surface area contributed by atoms with Gasteiger partial charge >= 0.3 is 0 Å². The molecule has 0 radical (unpaired) electrons. The fraction of sp³-hybridized carbons (Fsp3) is 0.400. The minimum atomic E-state index is 0.113. The van der Waals surface area contributed by atoms with Crippen molar-refractivity contribution in [2.24, 2.45) is 5.73 Å². The normalized spacial score (nSPS) is 17.8. The molecule has 15 heavy (non-hydrogen) atoms. The van der Waals surface area contributed by atoms with Gasteiger partial charge in [-0.2, -0.15) is 0 Å². The number of benzene rings is 1. The van der Waals surface area contributed by atoms with E-state index >= 15 is 0 Å². The Morgan fingerprint density at radius 1 is 1.40 bits per heavy atom. The van der Waals surface area contributed by atoms with Gasteiger partial charge in [0.1, 0.15) is 5.75 Å². The van der Waals surface area contributed by atoms with E-state index in [0.29, 0.717) is 16.6 Å². The van der Waals surface area contributed by atoms with Gasteiger partial charge in [-0.25, -0.2) is 0 Å². The number of nitrogens with two attached hydrogens (primary N) is 1. The van der Waals surface area contributed by atoms with E-state index in [4.69, 9.17) is 28.9 Å². The third-order valence-corrected chi connectivity index (χ3v) is 2.99. The number of phenols is 1. The molecule has 82 valence electrons. The molecule has 5 heteroatoms. The fourth-order valence-corrected chi connectivity index (χ4v) is 2.26. The van der Waals surface area contributed by atoms with Crippen molar-refractivity contribution in [1.29, 1.82) is 0 Å². The molecule has 0 amide bonds. The molecule has 3 N–H and O–H groups in total. The van der Waals surface area contributed by atoms with E-state index in [1.54, 1.807) is 6.07 Å². The van der Waals surface area contributed by atoms with E-state index in [1.165, 1.54) is 6.07 Å². The minimum Gasteiger partial charge on any atom is -0.506 e. The summed E-state index contributed by atoms with van der Waals surface area (Å²) in [5, 5.41) is 10.5. The van der Waals surface area contributed by atoms with Crippen molar-refractivity contribution >= 4 is 23.2 Å². The largest absolute Gasteiger partial charge is 0.506 e. The van der Waals surface area contributed by atoms with Gasteiger partial charge in [0.2, 0.25) is 0 Å². The molecule has 0 spiro atoms. The van der Waals surface area contributed by atoms with Gasteiger partial charge in [0, 0.05) is 36.3 Å². The molecule has 0 saturated carbocycles. The van der Waals surface area contributed by atoms with Crippen LogP contribution in [0.4, 0.5) is 0 Å². The Labute approximate surface area is 98.4 Å². The first-order chi connectivity index (χ1) is 7.06. The number of halogens is 2. The standard InChI is InChI=1S/C10H12Cl2N2O/c11-7-1-6(10(15)9(12)2-7)3-14-4-8(13)5-14/h1-2,8,15H,3-5,13H2. The quantitative estimate of drug-likeness (QED) is 0.838. The first-order valence-electron chi connectivity index (χ1n) is 4.71. The van der Waals surface area contributed by atoms with Gasteiger partial charge in [-0.1, -0.05) is 23.2 Å². The van der Waals surface area contributed by atoms with E-state index in [2.05, 4.69) is 4.90 Å². The predicted molar refractivity (Wildman–Crippen MR) is 61.4 cm³/mol. The van der Waals surface area contributed by atoms with Gasteiger partial charge in [0.25, 0.3) is 0 Å². The third kappa shape index (κ3) is 2.37. The number of hydrogen-bond acceptors (Lipinski definition) is 3. The molecule has 1 saturated heterocycles. The molecular weight excluding hydrogens is 235 g/mol. The Morgan fingerprint density at radius 2 is 2.07 bits per heavy atom. The maximum absolute atomic E-state index is 9.71. The van der Waals surface area contributed by atoms with Crippen LogP contribution >= 0.6 is 23.2 Å². The minimum absolute atomic E-state index is 0.113. The van der Waals surface area contributed by atoms with E-state index in [9.17, 15) is 5.11 Å². The highest BCUT2D eigenvalue weighted by atomic mass is 35.5. The van der Waals surface area contributed by atoms with Gasteiger partial charge in [-0.05, 0) is 12.1 Å². The summed E-state index contributed by atoms with van der Waals surface area (Å²) in [5.74, 6) is 0.113. The SMILES string of the molecule is NC1CN(Cc2cc(Cl)cc(Cl)c2O)C1. The lowest BCUT2D eigenvalue weighted by molar-refractivity contribution is 0.141. The maximum atomic E-state index is 9.71. The van der Waals surface area contributed by atoms with Crippen molar-refractivity contribution in [2.75, 3.05) is 13.1 Å². The zero-order valence-electron chi connectivity index (χ0n) is 8.08. The lowest BCUT2D eigenvalue weighted by Crippen LogP contribution is -2.54. The summed E-state index contributed by atoms with van der Waals surface area (Å²) in [6, 6.07) is 3.51. The molecule has 1 fully saturated rings. The van der Waals surface area contributed by atoms with E-state index < -0.39 is 0 Å². The van der Waals surface area contributed by atoms with Gasteiger partial charge in [-0.3, -0.25) is 4.90 Å². The zero-order valence-corrected chi connectivity index (χ0v) is 9.59. The Balaban J connectivity index is 2.13. The molecule has 3 nitrogen and oxygen atoms in total. The highest BCUT2D eigenvalue weighted by Gasteiger charge is 2.24. The van der Waals surface area contributed by atoms with Crippen LogP contribution in [0.1, 0.15) is 5.56 Å². The fourth-order valence-electron chi connectivity index (χ4n) is 1.72. The zero-order chi connectivity index (χ0) is 11.0.